The highest BCUT2D eigenvalue weighted by Gasteiger charge is 2.12. The number of nitrogen functional groups attached to an aromatic ring is 1. The molecule has 0 atom stereocenters. The van der Waals surface area contributed by atoms with Gasteiger partial charge in [0.2, 0.25) is 17.0 Å². The molecule has 116 valence electrons. The molecule has 0 saturated carbocycles. The molecule has 0 fully saturated rings. The van der Waals surface area contributed by atoms with Crippen LogP contribution in [0.15, 0.2) is 23.4 Å². The number of ether oxygens (including phenoxy) is 2. The van der Waals surface area contributed by atoms with E-state index in [2.05, 4.69) is 20.5 Å². The second-order valence-corrected chi connectivity index (χ2v) is 5.49. The third-order valence-electron chi connectivity index (χ3n) is 2.85. The van der Waals surface area contributed by atoms with Gasteiger partial charge in [0, 0.05) is 18.2 Å². The molecule has 8 nitrogen and oxygen atoms in total. The molecule has 0 aliphatic carbocycles. The number of nitrogens with two attached hydrogens (primary N) is 1. The topological polar surface area (TPSA) is 115 Å². The molecule has 0 bridgehead atoms. The van der Waals surface area contributed by atoms with Crippen LogP contribution in [0.2, 0.25) is 0 Å². The Morgan fingerprint density at radius 2 is 2.18 bits per heavy atom. The molecule has 1 aliphatic heterocycles. The molecule has 4 N–H and O–H groups in total. The monoisotopic (exact) mass is 321 g/mol. The highest BCUT2D eigenvalue weighted by Crippen LogP contribution is 2.32. The Bertz CT molecular complexity index is 675. The Morgan fingerprint density at radius 1 is 1.36 bits per heavy atom. The van der Waals surface area contributed by atoms with Crippen LogP contribution in [0.25, 0.3) is 0 Å². The number of thioether (sulfide) groups is 1. The predicted molar refractivity (Wildman–Crippen MR) is 82.2 cm³/mol. The van der Waals surface area contributed by atoms with Gasteiger partial charge in [-0.15, -0.1) is 5.10 Å². The summed E-state index contributed by atoms with van der Waals surface area (Å²) in [4.78, 5) is 15.8. The number of aromatic amines is 1. The summed E-state index contributed by atoms with van der Waals surface area (Å²) < 4.78 is 11.1. The normalized spacial score (nSPS) is 13.5. The van der Waals surface area contributed by atoms with Crippen LogP contribution in [0.3, 0.4) is 0 Å². The maximum absolute atomic E-state index is 11.9. The first kappa shape index (κ1) is 14.5. The van der Waals surface area contributed by atoms with Gasteiger partial charge in [0.05, 0.1) is 19.0 Å². The Hall–Kier alpha value is -2.42. The molecule has 1 aliphatic rings. The minimum absolute atomic E-state index is 0.164. The van der Waals surface area contributed by atoms with E-state index in [0.29, 0.717) is 35.6 Å². The largest absolute Gasteiger partial charge is 0.490 e. The van der Waals surface area contributed by atoms with Gasteiger partial charge in [-0.25, -0.2) is 5.10 Å². The van der Waals surface area contributed by atoms with E-state index in [1.54, 1.807) is 18.2 Å². The van der Waals surface area contributed by atoms with E-state index in [4.69, 9.17) is 15.2 Å². The summed E-state index contributed by atoms with van der Waals surface area (Å²) in [6, 6.07) is 5.33. The van der Waals surface area contributed by atoms with Gasteiger partial charge in [0.15, 0.2) is 11.5 Å². The van der Waals surface area contributed by atoms with Crippen LogP contribution < -0.4 is 20.5 Å². The van der Waals surface area contributed by atoms with E-state index in [-0.39, 0.29) is 17.6 Å². The fraction of sp³-hybridized carbons (Fsp3) is 0.308. The second kappa shape index (κ2) is 6.56. The summed E-state index contributed by atoms with van der Waals surface area (Å²) in [5, 5.41) is 9.60. The van der Waals surface area contributed by atoms with Gasteiger partial charge < -0.3 is 20.5 Å². The van der Waals surface area contributed by atoms with Crippen LogP contribution in [0.4, 0.5) is 11.6 Å². The molecule has 0 radical (unpaired) electrons. The summed E-state index contributed by atoms with van der Waals surface area (Å²) in [5.74, 6) is 1.59. The molecule has 1 amide bonds. The van der Waals surface area contributed by atoms with Crippen molar-refractivity contribution in [2.45, 2.75) is 11.6 Å². The Morgan fingerprint density at radius 3 is 2.95 bits per heavy atom. The summed E-state index contributed by atoms with van der Waals surface area (Å²) in [5.41, 5.74) is 6.07. The van der Waals surface area contributed by atoms with Crippen molar-refractivity contribution in [1.29, 1.82) is 0 Å². The first-order valence-electron chi connectivity index (χ1n) is 6.71. The lowest BCUT2D eigenvalue weighted by molar-refractivity contribution is -0.113. The molecule has 0 spiro atoms. The summed E-state index contributed by atoms with van der Waals surface area (Å²) >= 11 is 1.20. The number of hydrogen-bond donors (Lipinski definition) is 3. The van der Waals surface area contributed by atoms with Crippen LogP contribution in [0.1, 0.15) is 6.42 Å². The fourth-order valence-corrected chi connectivity index (χ4v) is 2.50. The maximum atomic E-state index is 11.9. The van der Waals surface area contributed by atoms with E-state index in [1.165, 1.54) is 11.8 Å². The number of carbonyl (C=O) groups is 1. The molecule has 2 heterocycles. The zero-order chi connectivity index (χ0) is 15.4. The van der Waals surface area contributed by atoms with Crippen molar-refractivity contribution in [3.63, 3.8) is 0 Å². The molecular weight excluding hydrogens is 306 g/mol. The molecular formula is C13H15N5O3S. The third-order valence-corrected chi connectivity index (χ3v) is 3.69. The number of rotatable bonds is 4. The van der Waals surface area contributed by atoms with Crippen LogP contribution in [0, 0.1) is 0 Å². The van der Waals surface area contributed by atoms with Crippen LogP contribution in [-0.2, 0) is 4.79 Å². The standard InChI is InChI=1S/C13H15N5O3S/c14-12-16-13(18-17-12)22-7-11(19)15-8-2-3-9-10(6-8)21-5-1-4-20-9/h2-3,6H,1,4-5,7H2,(H,15,19)(H3,14,16,17,18). The first-order chi connectivity index (χ1) is 10.7. The van der Waals surface area contributed by atoms with E-state index in [0.717, 1.165) is 6.42 Å². The van der Waals surface area contributed by atoms with Crippen molar-refractivity contribution >= 4 is 29.3 Å². The van der Waals surface area contributed by atoms with Gasteiger partial charge in [0.1, 0.15) is 0 Å². The maximum Gasteiger partial charge on any atom is 0.234 e. The van der Waals surface area contributed by atoms with Gasteiger partial charge in [-0.1, -0.05) is 11.8 Å². The predicted octanol–water partition coefficient (Wildman–Crippen LogP) is 1.28. The van der Waals surface area contributed by atoms with Gasteiger partial charge >= 0.3 is 0 Å². The van der Waals surface area contributed by atoms with Gasteiger partial charge in [0.25, 0.3) is 0 Å². The molecule has 9 heteroatoms. The molecule has 0 unspecified atom stereocenters. The third kappa shape index (κ3) is 3.61. The van der Waals surface area contributed by atoms with Crippen molar-refractivity contribution in [2.24, 2.45) is 0 Å². The highest BCUT2D eigenvalue weighted by molar-refractivity contribution is 7.99. The van der Waals surface area contributed by atoms with Crippen LogP contribution in [-0.4, -0.2) is 40.1 Å². The van der Waals surface area contributed by atoms with Crippen LogP contribution >= 0.6 is 11.8 Å². The molecule has 1 aromatic carbocycles. The van der Waals surface area contributed by atoms with Gasteiger partial charge in [-0.2, -0.15) is 4.98 Å². The minimum atomic E-state index is -0.164. The van der Waals surface area contributed by atoms with E-state index in [1.807, 2.05) is 0 Å². The average Bonchev–Trinajstić information content (AvgIpc) is 2.78. The molecule has 0 saturated heterocycles. The smallest absolute Gasteiger partial charge is 0.234 e. The number of aromatic nitrogens is 3. The lowest BCUT2D eigenvalue weighted by Gasteiger charge is -2.10. The number of anilines is 2. The molecule has 1 aromatic heterocycles. The van der Waals surface area contributed by atoms with Gasteiger partial charge in [-0.3, -0.25) is 4.79 Å². The van der Waals surface area contributed by atoms with Crippen molar-refractivity contribution in [1.82, 2.24) is 15.2 Å². The summed E-state index contributed by atoms with van der Waals surface area (Å²) in [7, 11) is 0. The highest BCUT2D eigenvalue weighted by atomic mass is 32.2. The quantitative estimate of drug-likeness (QED) is 0.726. The number of hydrogen-bond acceptors (Lipinski definition) is 7. The van der Waals surface area contributed by atoms with Crippen molar-refractivity contribution in [3.8, 4) is 11.5 Å². The molecule has 2 aromatic rings. The van der Waals surface area contributed by atoms with Crippen LogP contribution in [0.5, 0.6) is 11.5 Å². The zero-order valence-electron chi connectivity index (χ0n) is 11.7. The number of nitrogens with one attached hydrogen (secondary N) is 2. The number of amides is 1. The first-order valence-corrected chi connectivity index (χ1v) is 7.69. The molecule has 3 rings (SSSR count). The Kier molecular flexibility index (Phi) is 4.33. The Balaban J connectivity index is 1.58. The Labute approximate surface area is 130 Å². The van der Waals surface area contributed by atoms with E-state index < -0.39 is 0 Å². The minimum Gasteiger partial charge on any atom is -0.490 e. The number of H-pyrrole nitrogens is 1. The van der Waals surface area contributed by atoms with Crippen molar-refractivity contribution in [3.05, 3.63) is 18.2 Å². The number of nitrogens with zero attached hydrogens (tertiary/aromatic N) is 2. The summed E-state index contributed by atoms with van der Waals surface area (Å²) in [6.45, 7) is 1.24. The number of fused-ring (bicyclic) bond motifs is 1. The second-order valence-electron chi connectivity index (χ2n) is 4.55. The SMILES string of the molecule is Nc1nc(SCC(=O)Nc2ccc3c(c2)OCCCO3)n[nH]1. The lowest BCUT2D eigenvalue weighted by atomic mass is 10.2. The van der Waals surface area contributed by atoms with E-state index in [9.17, 15) is 4.79 Å². The van der Waals surface area contributed by atoms with E-state index >= 15 is 0 Å². The zero-order valence-corrected chi connectivity index (χ0v) is 12.5. The van der Waals surface area contributed by atoms with Crippen molar-refractivity contribution < 1.29 is 14.3 Å². The van der Waals surface area contributed by atoms with Gasteiger partial charge in [-0.05, 0) is 12.1 Å². The summed E-state index contributed by atoms with van der Waals surface area (Å²) in [6.07, 6.45) is 0.840. The average molecular weight is 321 g/mol. The molecule has 22 heavy (non-hydrogen) atoms. The number of benzene rings is 1. The fourth-order valence-electron chi connectivity index (χ4n) is 1.89. The lowest BCUT2D eigenvalue weighted by Crippen LogP contribution is -2.14. The number of carbonyl (C=O) groups excluding carboxylic acids is 1. The van der Waals surface area contributed by atoms with Crippen molar-refractivity contribution in [2.75, 3.05) is 30.0 Å².